The Morgan fingerprint density at radius 1 is 0.774 bits per heavy atom. The molecule has 0 aliphatic heterocycles. The molecule has 160 valence electrons. The predicted octanol–water partition coefficient (Wildman–Crippen LogP) is 3.36. The molecule has 2 aliphatic rings. The van der Waals surface area contributed by atoms with Gasteiger partial charge in [-0.3, -0.25) is 29.2 Å². The van der Waals surface area contributed by atoms with Crippen LogP contribution in [0.2, 0.25) is 0 Å². The summed E-state index contributed by atoms with van der Waals surface area (Å²) < 4.78 is 0. The minimum absolute atomic E-state index is 0.0307. The number of fused-ring (bicyclic) bond motifs is 2. The second-order valence-electron chi connectivity index (χ2n) is 8.37. The topological polar surface area (TPSA) is 119 Å². The highest BCUT2D eigenvalue weighted by atomic mass is 32.1. The largest absolute Gasteiger partial charge is 0.293 e. The van der Waals surface area contributed by atoms with Gasteiger partial charge < -0.3 is 0 Å². The number of Topliss-reactive ketones (excluding diaryl/α,β-unsaturated/α-hetero) is 4. The van der Waals surface area contributed by atoms with Crippen molar-refractivity contribution in [3.63, 3.8) is 0 Å². The average molecular weight is 457 g/mol. The van der Waals surface area contributed by atoms with Crippen molar-refractivity contribution in [2.45, 2.75) is 40.5 Å². The lowest BCUT2D eigenvalue weighted by Gasteiger charge is -2.22. The Hall–Kier alpha value is -2.72. The fourth-order valence-corrected chi connectivity index (χ4v) is 5.07. The highest BCUT2D eigenvalue weighted by Crippen LogP contribution is 2.28. The van der Waals surface area contributed by atoms with E-state index in [1.54, 1.807) is 13.8 Å². The van der Waals surface area contributed by atoms with Crippen molar-refractivity contribution in [3.05, 3.63) is 31.2 Å². The third-order valence-corrected chi connectivity index (χ3v) is 7.00. The molecule has 0 spiro atoms. The van der Waals surface area contributed by atoms with Gasteiger partial charge in [-0.2, -0.15) is 0 Å². The SMILES string of the molecule is Cc1nc2c(s1)C(=O)CC(=NCC(C)(C)CN=C1CC(=O)c3sc(C)nc3C1=O)C2=O. The summed E-state index contributed by atoms with van der Waals surface area (Å²) >= 11 is 2.46. The monoisotopic (exact) mass is 456 g/mol. The van der Waals surface area contributed by atoms with Crippen LogP contribution in [-0.2, 0) is 0 Å². The molecule has 0 fully saturated rings. The first-order chi connectivity index (χ1) is 14.6. The number of hydrogen-bond donors (Lipinski definition) is 0. The average Bonchev–Trinajstić information content (AvgIpc) is 3.29. The Labute approximate surface area is 186 Å². The molecule has 0 amide bonds. The maximum Gasteiger partial charge on any atom is 0.227 e. The molecule has 10 heteroatoms. The third kappa shape index (κ3) is 4.09. The van der Waals surface area contributed by atoms with Gasteiger partial charge in [0.05, 0.1) is 34.3 Å². The van der Waals surface area contributed by atoms with Crippen molar-refractivity contribution in [1.82, 2.24) is 9.97 Å². The summed E-state index contributed by atoms with van der Waals surface area (Å²) in [7, 11) is 0. The minimum Gasteiger partial charge on any atom is -0.293 e. The number of hydrogen-bond acceptors (Lipinski definition) is 10. The number of aromatic nitrogens is 2. The molecule has 0 N–H and O–H groups in total. The Morgan fingerprint density at radius 3 is 1.55 bits per heavy atom. The van der Waals surface area contributed by atoms with Crippen LogP contribution in [0.5, 0.6) is 0 Å². The van der Waals surface area contributed by atoms with Crippen LogP contribution in [0, 0.1) is 19.3 Å². The van der Waals surface area contributed by atoms with Crippen molar-refractivity contribution in [3.8, 4) is 0 Å². The summed E-state index contributed by atoms with van der Waals surface area (Å²) in [6, 6.07) is 0. The number of carbonyl (C=O) groups excluding carboxylic acids is 4. The molecule has 31 heavy (non-hydrogen) atoms. The van der Waals surface area contributed by atoms with E-state index in [9.17, 15) is 19.2 Å². The molecule has 2 aromatic heterocycles. The quantitative estimate of drug-likeness (QED) is 0.696. The fourth-order valence-electron chi connectivity index (χ4n) is 3.36. The molecule has 0 atom stereocenters. The van der Waals surface area contributed by atoms with Gasteiger partial charge in [0.15, 0.2) is 11.6 Å². The van der Waals surface area contributed by atoms with Gasteiger partial charge >= 0.3 is 0 Å². The minimum atomic E-state index is -0.483. The van der Waals surface area contributed by atoms with Crippen molar-refractivity contribution in [2.75, 3.05) is 13.1 Å². The van der Waals surface area contributed by atoms with Crippen LogP contribution in [0.3, 0.4) is 0 Å². The lowest BCUT2D eigenvalue weighted by molar-refractivity contribution is 0.0965. The smallest absolute Gasteiger partial charge is 0.227 e. The maximum absolute atomic E-state index is 12.6. The molecule has 2 aromatic rings. The Balaban J connectivity index is 1.49. The third-order valence-electron chi connectivity index (χ3n) is 4.98. The Morgan fingerprint density at radius 2 is 1.16 bits per heavy atom. The summed E-state index contributed by atoms with van der Waals surface area (Å²) in [5.74, 6) is -0.892. The standard InChI is InChI=1S/C21H20N4O4S2/c1-9-24-15-17(28)11(5-13(26)19(15)30-9)22-7-21(3,4)8-23-12-6-14(27)20-16(18(12)29)25-10(2)31-20/h5-8H2,1-4H3. The van der Waals surface area contributed by atoms with Gasteiger partial charge in [-0.1, -0.05) is 13.8 Å². The molecule has 2 aliphatic carbocycles. The Kier molecular flexibility index (Phi) is 5.38. The molecule has 8 nitrogen and oxygen atoms in total. The van der Waals surface area contributed by atoms with Crippen LogP contribution in [0.1, 0.15) is 77.0 Å². The molecule has 4 rings (SSSR count). The summed E-state index contributed by atoms with van der Waals surface area (Å²) in [6.45, 7) is 7.83. The van der Waals surface area contributed by atoms with E-state index >= 15 is 0 Å². The van der Waals surface area contributed by atoms with E-state index in [-0.39, 0.29) is 71.9 Å². The molecule has 0 aromatic carbocycles. The molecule has 0 saturated carbocycles. The molecule has 0 radical (unpaired) electrons. The molecule has 0 unspecified atom stereocenters. The van der Waals surface area contributed by atoms with E-state index in [0.29, 0.717) is 19.8 Å². The van der Waals surface area contributed by atoms with E-state index in [1.165, 1.54) is 22.7 Å². The number of nitrogens with zero attached hydrogens (tertiary/aromatic N) is 4. The summed E-state index contributed by atoms with van der Waals surface area (Å²) in [4.78, 5) is 67.9. The van der Waals surface area contributed by atoms with Crippen LogP contribution >= 0.6 is 22.7 Å². The van der Waals surface area contributed by atoms with Crippen molar-refractivity contribution in [1.29, 1.82) is 0 Å². The number of rotatable bonds is 4. The van der Waals surface area contributed by atoms with E-state index < -0.39 is 5.41 Å². The van der Waals surface area contributed by atoms with Crippen molar-refractivity contribution < 1.29 is 19.2 Å². The van der Waals surface area contributed by atoms with E-state index in [1.807, 2.05) is 13.8 Å². The zero-order valence-electron chi connectivity index (χ0n) is 17.6. The van der Waals surface area contributed by atoms with Gasteiger partial charge in [0.25, 0.3) is 0 Å². The van der Waals surface area contributed by atoms with Gasteiger partial charge in [-0.05, 0) is 13.8 Å². The number of carbonyl (C=O) groups is 4. The van der Waals surface area contributed by atoms with Crippen molar-refractivity contribution in [2.24, 2.45) is 15.4 Å². The van der Waals surface area contributed by atoms with E-state index in [4.69, 9.17) is 0 Å². The van der Waals surface area contributed by atoms with Gasteiger partial charge in [0.1, 0.15) is 21.1 Å². The zero-order chi connectivity index (χ0) is 22.5. The number of thiazole rings is 2. The van der Waals surface area contributed by atoms with E-state index in [2.05, 4.69) is 20.0 Å². The van der Waals surface area contributed by atoms with Crippen LogP contribution in [0.25, 0.3) is 0 Å². The summed E-state index contributed by atoms with van der Waals surface area (Å²) in [5.41, 5.74) is 0.306. The Bertz CT molecular complexity index is 1120. The first kappa shape index (κ1) is 21.5. The maximum atomic E-state index is 12.6. The first-order valence-corrected chi connectivity index (χ1v) is 11.4. The molecular weight excluding hydrogens is 436 g/mol. The molecule has 2 heterocycles. The highest BCUT2D eigenvalue weighted by Gasteiger charge is 2.34. The zero-order valence-corrected chi connectivity index (χ0v) is 19.2. The number of aliphatic imine (C=N–C) groups is 2. The normalized spacial score (nSPS) is 19.4. The van der Waals surface area contributed by atoms with Crippen LogP contribution in [0.15, 0.2) is 9.98 Å². The molecule has 0 saturated heterocycles. The second-order valence-corrected chi connectivity index (χ2v) is 10.8. The lowest BCUT2D eigenvalue weighted by Crippen LogP contribution is -2.30. The fraction of sp³-hybridized carbons (Fsp3) is 0.429. The van der Waals surface area contributed by atoms with Gasteiger partial charge in [0, 0.05) is 18.5 Å². The first-order valence-electron chi connectivity index (χ1n) is 9.73. The van der Waals surface area contributed by atoms with Gasteiger partial charge in [-0.15, -0.1) is 22.7 Å². The summed E-state index contributed by atoms with van der Waals surface area (Å²) in [5, 5.41) is 1.35. The predicted molar refractivity (Wildman–Crippen MR) is 119 cm³/mol. The van der Waals surface area contributed by atoms with Crippen LogP contribution in [-0.4, -0.2) is 57.6 Å². The number of ketones is 4. The second kappa shape index (κ2) is 7.76. The van der Waals surface area contributed by atoms with E-state index in [0.717, 1.165) is 0 Å². The highest BCUT2D eigenvalue weighted by molar-refractivity contribution is 7.14. The lowest BCUT2D eigenvalue weighted by atomic mass is 9.92. The van der Waals surface area contributed by atoms with Crippen LogP contribution < -0.4 is 0 Å². The van der Waals surface area contributed by atoms with Crippen molar-refractivity contribution >= 4 is 57.2 Å². The number of aryl methyl sites for hydroxylation is 2. The van der Waals surface area contributed by atoms with Gasteiger partial charge in [-0.25, -0.2) is 9.97 Å². The molecular formula is C21H20N4O4S2. The molecule has 0 bridgehead atoms. The van der Waals surface area contributed by atoms with Crippen LogP contribution in [0.4, 0.5) is 0 Å². The van der Waals surface area contributed by atoms with Gasteiger partial charge in [0.2, 0.25) is 11.6 Å². The summed E-state index contributed by atoms with van der Waals surface area (Å²) in [6.07, 6.45) is -0.0615.